The normalized spacial score (nSPS) is 13.5. The van der Waals surface area contributed by atoms with Crippen LogP contribution in [0.1, 0.15) is 271 Å². The molecule has 0 aliphatic carbocycles. The van der Waals surface area contributed by atoms with E-state index >= 15 is 0 Å². The number of quaternary nitrogens is 1. The molecule has 0 saturated carbocycles. The summed E-state index contributed by atoms with van der Waals surface area (Å²) in [6.45, 7) is 5.50. The van der Waals surface area contributed by atoms with E-state index in [0.29, 0.717) is 24.1 Å². The van der Waals surface area contributed by atoms with Crippen LogP contribution >= 0.6 is 7.82 Å². The minimum atomic E-state index is -4.52. The Bertz CT molecular complexity index is 945. The van der Waals surface area contributed by atoms with Gasteiger partial charge in [-0.15, -0.1) is 0 Å². The molecule has 0 radical (unpaired) electrons. The smallest absolute Gasteiger partial charge is 0.306 e. The average Bonchev–Trinajstić information content (AvgIpc) is 3.22. The summed E-state index contributed by atoms with van der Waals surface area (Å²) in [6.07, 6.45) is 51.3. The van der Waals surface area contributed by atoms with Crippen LogP contribution < -0.4 is 4.89 Å². The first kappa shape index (κ1) is 60.5. The molecular formula is C52H106NO7P. The van der Waals surface area contributed by atoms with Gasteiger partial charge in [0.05, 0.1) is 34.4 Å². The Hall–Kier alpha value is -0.500. The Morgan fingerprint density at radius 3 is 1.08 bits per heavy atom. The number of nitrogens with zero attached hydrogens (tertiary/aromatic N) is 1. The molecule has 0 aliphatic heterocycles. The van der Waals surface area contributed by atoms with E-state index < -0.39 is 13.9 Å². The topological polar surface area (TPSA) is 94.1 Å². The second-order valence-electron chi connectivity index (χ2n) is 19.6. The summed E-state index contributed by atoms with van der Waals surface area (Å²) in [7, 11) is 1.38. The summed E-state index contributed by atoms with van der Waals surface area (Å²) in [5.74, 6) is -0.324. The Labute approximate surface area is 380 Å². The molecule has 2 atom stereocenters. The SMILES string of the molecule is CCCCCCCCCCCCCCCCCCCCCCCC(=O)OC(COCCCCCCCCCCCCCCCCCCCC)COP(=O)([O-])OCC[N+](C)(C)C. The van der Waals surface area contributed by atoms with Gasteiger partial charge in [0.2, 0.25) is 0 Å². The molecule has 366 valence electrons. The van der Waals surface area contributed by atoms with E-state index in [1.165, 1.54) is 218 Å². The van der Waals surface area contributed by atoms with Gasteiger partial charge in [-0.05, 0) is 12.8 Å². The number of phosphoric ester groups is 1. The largest absolute Gasteiger partial charge is 0.756 e. The van der Waals surface area contributed by atoms with Crippen molar-refractivity contribution < 1.29 is 37.3 Å². The highest BCUT2D eigenvalue weighted by Gasteiger charge is 2.20. The van der Waals surface area contributed by atoms with E-state index in [1.54, 1.807) is 0 Å². The van der Waals surface area contributed by atoms with Crippen molar-refractivity contribution in [2.75, 3.05) is 54.1 Å². The van der Waals surface area contributed by atoms with E-state index in [1.807, 2.05) is 21.1 Å². The summed E-state index contributed by atoms with van der Waals surface area (Å²) in [5, 5.41) is 0. The third-order valence-corrected chi connectivity index (χ3v) is 13.1. The molecule has 0 aromatic rings. The van der Waals surface area contributed by atoms with Gasteiger partial charge < -0.3 is 27.9 Å². The molecule has 0 fully saturated rings. The lowest BCUT2D eigenvalue weighted by Gasteiger charge is -2.28. The van der Waals surface area contributed by atoms with Gasteiger partial charge in [0.25, 0.3) is 7.82 Å². The molecule has 0 amide bonds. The summed E-state index contributed by atoms with van der Waals surface area (Å²) in [6, 6.07) is 0. The van der Waals surface area contributed by atoms with Crippen molar-refractivity contribution in [2.24, 2.45) is 0 Å². The predicted octanol–water partition coefficient (Wildman–Crippen LogP) is 15.8. The molecule has 0 bridgehead atoms. The van der Waals surface area contributed by atoms with Crippen LogP contribution in [0.3, 0.4) is 0 Å². The Kier molecular flexibility index (Phi) is 45.7. The fraction of sp³-hybridized carbons (Fsp3) is 0.981. The fourth-order valence-electron chi connectivity index (χ4n) is 8.02. The van der Waals surface area contributed by atoms with Crippen LogP contribution in [0.4, 0.5) is 0 Å². The quantitative estimate of drug-likeness (QED) is 0.0260. The standard InChI is InChI=1S/C52H106NO7P/c1-6-8-10-12-14-16-18-20-22-24-26-27-28-29-31-33-35-37-39-41-43-45-52(54)60-51(50-59-61(55,56)58-48-46-53(3,4)5)49-57-47-44-42-40-38-36-34-32-30-25-23-21-19-17-15-13-11-9-7-2/h51H,6-50H2,1-5H3. The summed E-state index contributed by atoms with van der Waals surface area (Å²) < 4.78 is 34.8. The van der Waals surface area contributed by atoms with Crippen molar-refractivity contribution in [3.05, 3.63) is 0 Å². The molecule has 0 heterocycles. The number of carbonyl (C=O) groups is 1. The van der Waals surface area contributed by atoms with E-state index in [9.17, 15) is 14.3 Å². The average molecular weight is 888 g/mol. The third kappa shape index (κ3) is 50.4. The van der Waals surface area contributed by atoms with Crippen LogP contribution in [0, 0.1) is 0 Å². The first-order valence-corrected chi connectivity index (χ1v) is 28.2. The summed E-state index contributed by atoms with van der Waals surface area (Å²) in [4.78, 5) is 25.2. The van der Waals surface area contributed by atoms with Gasteiger partial charge in [0.15, 0.2) is 0 Å². The van der Waals surface area contributed by atoms with Gasteiger partial charge in [-0.3, -0.25) is 9.36 Å². The molecule has 61 heavy (non-hydrogen) atoms. The van der Waals surface area contributed by atoms with E-state index in [0.717, 1.165) is 32.1 Å². The van der Waals surface area contributed by atoms with Gasteiger partial charge in [0, 0.05) is 13.0 Å². The molecule has 0 N–H and O–H groups in total. The first-order chi connectivity index (χ1) is 29.6. The number of unbranched alkanes of at least 4 members (excludes halogenated alkanes) is 37. The molecule has 0 aliphatic rings. The molecule has 9 heteroatoms. The first-order valence-electron chi connectivity index (χ1n) is 26.8. The number of hydrogen-bond donors (Lipinski definition) is 0. The minimum absolute atomic E-state index is 0.0318. The predicted molar refractivity (Wildman–Crippen MR) is 259 cm³/mol. The Morgan fingerprint density at radius 1 is 0.443 bits per heavy atom. The highest BCUT2D eigenvalue weighted by atomic mass is 31.2. The maximum absolute atomic E-state index is 12.8. The molecule has 0 spiro atoms. The zero-order valence-electron chi connectivity index (χ0n) is 41.6. The molecule has 0 rings (SSSR count). The van der Waals surface area contributed by atoms with E-state index in [2.05, 4.69) is 13.8 Å². The van der Waals surface area contributed by atoms with Crippen molar-refractivity contribution in [3.63, 3.8) is 0 Å². The van der Waals surface area contributed by atoms with Gasteiger partial charge >= 0.3 is 5.97 Å². The monoisotopic (exact) mass is 888 g/mol. The van der Waals surface area contributed by atoms with Crippen molar-refractivity contribution in [1.82, 2.24) is 0 Å². The van der Waals surface area contributed by atoms with Crippen LogP contribution in [0.5, 0.6) is 0 Å². The number of likely N-dealkylation sites (N-methyl/N-ethyl adjacent to an activating group) is 1. The number of carbonyl (C=O) groups excluding carboxylic acids is 1. The number of phosphoric acid groups is 1. The summed E-state index contributed by atoms with van der Waals surface area (Å²) >= 11 is 0. The number of esters is 1. The van der Waals surface area contributed by atoms with Gasteiger partial charge in [0.1, 0.15) is 19.3 Å². The number of ether oxygens (including phenoxy) is 2. The van der Waals surface area contributed by atoms with Gasteiger partial charge in [-0.1, -0.05) is 251 Å². The number of hydrogen-bond acceptors (Lipinski definition) is 7. The highest BCUT2D eigenvalue weighted by Crippen LogP contribution is 2.38. The lowest BCUT2D eigenvalue weighted by Crippen LogP contribution is -2.37. The number of rotatable bonds is 51. The fourth-order valence-corrected chi connectivity index (χ4v) is 8.75. The van der Waals surface area contributed by atoms with Crippen molar-refractivity contribution >= 4 is 13.8 Å². The van der Waals surface area contributed by atoms with Gasteiger partial charge in [-0.25, -0.2) is 0 Å². The van der Waals surface area contributed by atoms with E-state index in [-0.39, 0.29) is 25.8 Å². The molecule has 2 unspecified atom stereocenters. The van der Waals surface area contributed by atoms with Crippen LogP contribution in [0.15, 0.2) is 0 Å². The lowest BCUT2D eigenvalue weighted by atomic mass is 10.0. The van der Waals surface area contributed by atoms with Crippen LogP contribution in [0.25, 0.3) is 0 Å². The Balaban J connectivity index is 4.06. The van der Waals surface area contributed by atoms with Crippen molar-refractivity contribution in [3.8, 4) is 0 Å². The Morgan fingerprint density at radius 2 is 0.754 bits per heavy atom. The van der Waals surface area contributed by atoms with Crippen molar-refractivity contribution in [1.29, 1.82) is 0 Å². The zero-order valence-corrected chi connectivity index (χ0v) is 42.5. The third-order valence-electron chi connectivity index (χ3n) is 12.2. The molecular weight excluding hydrogens is 782 g/mol. The zero-order chi connectivity index (χ0) is 44.8. The molecule has 0 saturated heterocycles. The maximum atomic E-state index is 12.8. The second kappa shape index (κ2) is 46.0. The van der Waals surface area contributed by atoms with Crippen molar-refractivity contribution in [2.45, 2.75) is 277 Å². The van der Waals surface area contributed by atoms with Crippen LogP contribution in [-0.2, 0) is 27.9 Å². The lowest BCUT2D eigenvalue weighted by molar-refractivity contribution is -0.870. The molecule has 0 aromatic carbocycles. The van der Waals surface area contributed by atoms with Crippen LogP contribution in [-0.4, -0.2) is 70.7 Å². The van der Waals surface area contributed by atoms with Gasteiger partial charge in [-0.2, -0.15) is 0 Å². The minimum Gasteiger partial charge on any atom is -0.756 e. The maximum Gasteiger partial charge on any atom is 0.306 e. The molecule has 8 nitrogen and oxygen atoms in total. The van der Waals surface area contributed by atoms with Crippen LogP contribution in [0.2, 0.25) is 0 Å². The highest BCUT2D eigenvalue weighted by molar-refractivity contribution is 7.45. The van der Waals surface area contributed by atoms with E-state index in [4.69, 9.17) is 18.5 Å². The summed E-state index contributed by atoms with van der Waals surface area (Å²) in [5.41, 5.74) is 0. The molecule has 0 aromatic heterocycles. The second-order valence-corrected chi connectivity index (χ2v) is 21.0.